The Bertz CT molecular complexity index is 858. The number of ether oxygens (including phenoxy) is 1. The zero-order chi connectivity index (χ0) is 18.8. The zero-order valence-electron chi connectivity index (χ0n) is 16.2. The van der Waals surface area contributed by atoms with Crippen LogP contribution in [0.2, 0.25) is 0 Å². The van der Waals surface area contributed by atoms with Crippen molar-refractivity contribution in [2.24, 2.45) is 0 Å². The molecule has 0 spiro atoms. The average Bonchev–Trinajstić information content (AvgIpc) is 3.34. The predicted molar refractivity (Wildman–Crippen MR) is 107 cm³/mol. The lowest BCUT2D eigenvalue weighted by Crippen LogP contribution is -2.25. The molecule has 2 saturated heterocycles. The predicted octanol–water partition coefficient (Wildman–Crippen LogP) is 2.68. The summed E-state index contributed by atoms with van der Waals surface area (Å²) in [5, 5.41) is 0. The van der Waals surface area contributed by atoms with Gasteiger partial charge in [-0.25, -0.2) is 4.98 Å². The van der Waals surface area contributed by atoms with Gasteiger partial charge in [-0.2, -0.15) is 0 Å². The molecule has 2 aliphatic rings. The summed E-state index contributed by atoms with van der Waals surface area (Å²) in [6, 6.07) is 7.98. The van der Waals surface area contributed by atoms with Crippen molar-refractivity contribution in [2.45, 2.75) is 38.6 Å². The van der Waals surface area contributed by atoms with E-state index in [4.69, 9.17) is 9.72 Å². The van der Waals surface area contributed by atoms with Gasteiger partial charge in [-0.3, -0.25) is 14.7 Å². The number of nitrogens with zero attached hydrogens (tertiary/aromatic N) is 3. The minimum Gasteiger partial charge on any atom is -0.496 e. The van der Waals surface area contributed by atoms with E-state index in [1.165, 1.54) is 18.4 Å². The molecule has 1 aromatic heterocycles. The average molecular weight is 368 g/mol. The summed E-state index contributed by atoms with van der Waals surface area (Å²) >= 11 is 0. The van der Waals surface area contributed by atoms with E-state index < -0.39 is 0 Å². The molecule has 0 unspecified atom stereocenters. The van der Waals surface area contributed by atoms with Crippen molar-refractivity contribution in [1.82, 2.24) is 14.9 Å². The van der Waals surface area contributed by atoms with E-state index >= 15 is 0 Å². The van der Waals surface area contributed by atoms with Gasteiger partial charge in [0, 0.05) is 43.7 Å². The summed E-state index contributed by atoms with van der Waals surface area (Å²) in [6.07, 6.45) is 3.37. The Hall–Kier alpha value is -2.34. The van der Waals surface area contributed by atoms with E-state index in [0.717, 1.165) is 62.1 Å². The second-order valence-corrected chi connectivity index (χ2v) is 7.68. The first kappa shape index (κ1) is 18.0. The van der Waals surface area contributed by atoms with Crippen LogP contribution in [0.3, 0.4) is 0 Å². The summed E-state index contributed by atoms with van der Waals surface area (Å²) < 4.78 is 5.60. The quantitative estimate of drug-likeness (QED) is 0.879. The number of rotatable bonds is 5. The molecule has 2 aliphatic heterocycles. The zero-order valence-corrected chi connectivity index (χ0v) is 16.2. The van der Waals surface area contributed by atoms with Crippen LogP contribution in [0.1, 0.15) is 42.0 Å². The molecule has 6 heteroatoms. The number of nitrogens with one attached hydrogen (secondary N) is 1. The molecule has 4 rings (SSSR count). The van der Waals surface area contributed by atoms with Crippen molar-refractivity contribution < 1.29 is 4.74 Å². The maximum absolute atomic E-state index is 12.2. The Morgan fingerprint density at radius 2 is 2.07 bits per heavy atom. The summed E-state index contributed by atoms with van der Waals surface area (Å²) in [6.45, 7) is 6.84. The number of benzene rings is 1. The number of hydrogen-bond acceptors (Lipinski definition) is 5. The molecule has 1 aromatic carbocycles. The van der Waals surface area contributed by atoms with Gasteiger partial charge in [-0.05, 0) is 38.3 Å². The first-order valence-electron chi connectivity index (χ1n) is 9.85. The van der Waals surface area contributed by atoms with E-state index in [1.54, 1.807) is 13.2 Å². The smallest absolute Gasteiger partial charge is 0.252 e. The van der Waals surface area contributed by atoms with Crippen molar-refractivity contribution in [1.29, 1.82) is 0 Å². The molecule has 2 fully saturated rings. The molecule has 0 saturated carbocycles. The first-order valence-corrected chi connectivity index (χ1v) is 9.85. The maximum atomic E-state index is 12.2. The van der Waals surface area contributed by atoms with E-state index in [2.05, 4.69) is 39.9 Å². The van der Waals surface area contributed by atoms with Crippen molar-refractivity contribution in [3.05, 3.63) is 51.4 Å². The van der Waals surface area contributed by atoms with Crippen LogP contribution in [0.4, 0.5) is 5.95 Å². The summed E-state index contributed by atoms with van der Waals surface area (Å²) in [7, 11) is 1.73. The third-order valence-electron chi connectivity index (χ3n) is 5.74. The van der Waals surface area contributed by atoms with Crippen LogP contribution in [0.25, 0.3) is 0 Å². The third kappa shape index (κ3) is 3.86. The van der Waals surface area contributed by atoms with E-state index in [-0.39, 0.29) is 5.56 Å². The fourth-order valence-corrected chi connectivity index (χ4v) is 4.34. The van der Waals surface area contributed by atoms with E-state index in [9.17, 15) is 4.79 Å². The number of aryl methyl sites for hydroxylation is 1. The lowest BCUT2D eigenvalue weighted by atomic mass is 10.0. The Kier molecular flexibility index (Phi) is 5.16. The first-order chi connectivity index (χ1) is 13.1. The molecular weight excluding hydrogens is 340 g/mol. The van der Waals surface area contributed by atoms with Crippen LogP contribution in [-0.4, -0.2) is 48.2 Å². The molecule has 144 valence electrons. The van der Waals surface area contributed by atoms with Crippen molar-refractivity contribution in [2.75, 3.05) is 38.2 Å². The van der Waals surface area contributed by atoms with Gasteiger partial charge in [0.15, 0.2) is 0 Å². The highest BCUT2D eigenvalue weighted by atomic mass is 16.5. The van der Waals surface area contributed by atoms with Crippen LogP contribution in [0, 0.1) is 6.92 Å². The van der Waals surface area contributed by atoms with Gasteiger partial charge in [0.2, 0.25) is 5.95 Å². The summed E-state index contributed by atoms with van der Waals surface area (Å²) in [5.41, 5.74) is 3.27. The van der Waals surface area contributed by atoms with Crippen LogP contribution < -0.4 is 15.2 Å². The lowest BCUT2D eigenvalue weighted by molar-refractivity contribution is 0.316. The van der Waals surface area contributed by atoms with Crippen molar-refractivity contribution in [3.8, 4) is 5.75 Å². The molecule has 0 radical (unpaired) electrons. The second kappa shape index (κ2) is 7.72. The fraction of sp³-hybridized carbons (Fsp3) is 0.524. The Balaban J connectivity index is 1.48. The number of H-pyrrole nitrogens is 1. The minimum atomic E-state index is -0.0410. The number of likely N-dealkylation sites (tertiary alicyclic amines) is 1. The van der Waals surface area contributed by atoms with Crippen LogP contribution in [0.15, 0.2) is 29.1 Å². The Labute approximate surface area is 160 Å². The molecule has 1 N–H and O–H groups in total. The van der Waals surface area contributed by atoms with Gasteiger partial charge >= 0.3 is 0 Å². The van der Waals surface area contributed by atoms with Gasteiger partial charge in [-0.1, -0.05) is 18.2 Å². The number of aromatic amines is 1. The highest BCUT2D eigenvalue weighted by molar-refractivity contribution is 5.40. The van der Waals surface area contributed by atoms with Crippen LogP contribution >= 0.6 is 0 Å². The molecule has 0 amide bonds. The molecule has 3 heterocycles. The Morgan fingerprint density at radius 1 is 1.26 bits per heavy atom. The number of para-hydroxylation sites is 1. The fourth-order valence-electron chi connectivity index (χ4n) is 4.34. The summed E-state index contributed by atoms with van der Waals surface area (Å²) in [5.74, 6) is 2.03. The number of anilines is 1. The standard InChI is InChI=1S/C21H28N4O2/c1-15-6-5-7-17(20(15)27-2)14-24-11-8-16(13-24)18-12-19(26)23-21(22-18)25-9-3-4-10-25/h5-7,12,16H,3-4,8-11,13-14H2,1-2H3,(H,22,23,26)/t16-/m1/s1. The van der Waals surface area contributed by atoms with Gasteiger partial charge < -0.3 is 9.64 Å². The maximum Gasteiger partial charge on any atom is 0.252 e. The molecular formula is C21H28N4O2. The molecule has 0 aliphatic carbocycles. The third-order valence-corrected chi connectivity index (χ3v) is 5.74. The minimum absolute atomic E-state index is 0.0410. The topological polar surface area (TPSA) is 61.5 Å². The van der Waals surface area contributed by atoms with Gasteiger partial charge in [0.1, 0.15) is 5.75 Å². The van der Waals surface area contributed by atoms with E-state index in [0.29, 0.717) is 5.92 Å². The molecule has 1 atom stereocenters. The summed E-state index contributed by atoms with van der Waals surface area (Å²) in [4.78, 5) is 24.5. The molecule has 0 bridgehead atoms. The molecule has 2 aromatic rings. The van der Waals surface area contributed by atoms with Crippen molar-refractivity contribution >= 4 is 5.95 Å². The van der Waals surface area contributed by atoms with E-state index in [1.807, 2.05) is 0 Å². The van der Waals surface area contributed by atoms with Gasteiger partial charge in [0.25, 0.3) is 5.56 Å². The Morgan fingerprint density at radius 3 is 2.85 bits per heavy atom. The number of aromatic nitrogens is 2. The normalized spacial score (nSPS) is 20.4. The largest absolute Gasteiger partial charge is 0.496 e. The highest BCUT2D eigenvalue weighted by Gasteiger charge is 2.27. The van der Waals surface area contributed by atoms with Crippen molar-refractivity contribution in [3.63, 3.8) is 0 Å². The van der Waals surface area contributed by atoms with Gasteiger partial charge in [0.05, 0.1) is 12.8 Å². The monoisotopic (exact) mass is 368 g/mol. The second-order valence-electron chi connectivity index (χ2n) is 7.68. The highest BCUT2D eigenvalue weighted by Crippen LogP contribution is 2.30. The number of hydrogen-bond donors (Lipinski definition) is 1. The van der Waals surface area contributed by atoms with Crippen LogP contribution in [-0.2, 0) is 6.54 Å². The van der Waals surface area contributed by atoms with Gasteiger partial charge in [-0.15, -0.1) is 0 Å². The molecule has 27 heavy (non-hydrogen) atoms. The lowest BCUT2D eigenvalue weighted by Gasteiger charge is -2.20. The molecule has 6 nitrogen and oxygen atoms in total. The SMILES string of the molecule is COc1c(C)cccc1CN1CC[C@@H](c2cc(=O)[nH]c(N3CCCC3)n2)C1. The number of methoxy groups -OCH3 is 1. The van der Waals surface area contributed by atoms with Crippen LogP contribution in [0.5, 0.6) is 5.75 Å².